The Morgan fingerprint density at radius 2 is 2.11 bits per heavy atom. The molecule has 0 spiro atoms. The number of hydrogen-bond donors (Lipinski definition) is 1. The standard InChI is InChI=1S/C17H23N/c1-2-12-4-3-5-13(10-12)16-8-6-14-11-15(18)7-9-17(14)16/h7,9,11-12H,2-6,8,10,18H2,1H3. The Bertz CT molecular complexity index is 484. The molecule has 1 fully saturated rings. The Balaban J connectivity index is 1.95. The van der Waals surface area contributed by atoms with Gasteiger partial charge in [-0.25, -0.2) is 0 Å². The van der Waals surface area contributed by atoms with Gasteiger partial charge in [0.25, 0.3) is 0 Å². The molecule has 0 radical (unpaired) electrons. The lowest BCUT2D eigenvalue weighted by molar-refractivity contribution is 0.407. The van der Waals surface area contributed by atoms with E-state index in [1.54, 1.807) is 11.1 Å². The van der Waals surface area contributed by atoms with Gasteiger partial charge in [0.05, 0.1) is 0 Å². The molecule has 3 rings (SSSR count). The summed E-state index contributed by atoms with van der Waals surface area (Å²) in [5, 5.41) is 0. The summed E-state index contributed by atoms with van der Waals surface area (Å²) in [6.45, 7) is 2.33. The molecule has 1 aromatic carbocycles. The summed E-state index contributed by atoms with van der Waals surface area (Å²) in [7, 11) is 0. The minimum atomic E-state index is 0.912. The number of anilines is 1. The van der Waals surface area contributed by atoms with Crippen LogP contribution in [-0.2, 0) is 6.42 Å². The first kappa shape index (κ1) is 11.8. The van der Waals surface area contributed by atoms with Crippen LogP contribution in [0.1, 0.15) is 56.6 Å². The first-order valence-electron chi connectivity index (χ1n) is 7.37. The normalized spacial score (nSPS) is 27.3. The van der Waals surface area contributed by atoms with Crippen LogP contribution in [0.15, 0.2) is 23.8 Å². The second-order valence-corrected chi connectivity index (χ2v) is 5.87. The molecule has 0 saturated heterocycles. The SMILES string of the molecule is CCC1CCCC(=C2CCc3cc(N)ccc32)C1. The van der Waals surface area contributed by atoms with Gasteiger partial charge in [-0.05, 0) is 73.3 Å². The van der Waals surface area contributed by atoms with Crippen LogP contribution in [0.3, 0.4) is 0 Å². The first-order chi connectivity index (χ1) is 8.78. The number of benzene rings is 1. The largest absolute Gasteiger partial charge is 0.399 e. The van der Waals surface area contributed by atoms with Gasteiger partial charge >= 0.3 is 0 Å². The maximum absolute atomic E-state index is 5.88. The second-order valence-electron chi connectivity index (χ2n) is 5.87. The Kier molecular flexibility index (Phi) is 3.15. The average Bonchev–Trinajstić information content (AvgIpc) is 2.81. The Hall–Kier alpha value is -1.24. The predicted octanol–water partition coefficient (Wildman–Crippen LogP) is 4.57. The molecule has 1 heteroatoms. The zero-order valence-corrected chi connectivity index (χ0v) is 11.3. The van der Waals surface area contributed by atoms with E-state index in [0.29, 0.717) is 0 Å². The highest BCUT2D eigenvalue weighted by Crippen LogP contribution is 2.41. The third-order valence-electron chi connectivity index (χ3n) is 4.73. The summed E-state index contributed by atoms with van der Waals surface area (Å²) in [6, 6.07) is 6.48. The molecule has 1 unspecified atom stereocenters. The van der Waals surface area contributed by atoms with Gasteiger partial charge in [-0.1, -0.05) is 25.0 Å². The van der Waals surface area contributed by atoms with Gasteiger partial charge in [0.15, 0.2) is 0 Å². The molecular formula is C17H23N. The van der Waals surface area contributed by atoms with Crippen molar-refractivity contribution in [1.82, 2.24) is 0 Å². The van der Waals surface area contributed by atoms with E-state index >= 15 is 0 Å². The van der Waals surface area contributed by atoms with Crippen LogP contribution in [0.4, 0.5) is 5.69 Å². The quantitative estimate of drug-likeness (QED) is 0.716. The molecule has 0 heterocycles. The van der Waals surface area contributed by atoms with Crippen LogP contribution in [0, 0.1) is 5.92 Å². The van der Waals surface area contributed by atoms with Crippen LogP contribution in [0.5, 0.6) is 0 Å². The number of nitrogens with two attached hydrogens (primary N) is 1. The topological polar surface area (TPSA) is 26.0 Å². The predicted molar refractivity (Wildman–Crippen MR) is 78.3 cm³/mol. The zero-order valence-electron chi connectivity index (χ0n) is 11.3. The highest BCUT2D eigenvalue weighted by Gasteiger charge is 2.23. The van der Waals surface area contributed by atoms with Crippen molar-refractivity contribution in [1.29, 1.82) is 0 Å². The van der Waals surface area contributed by atoms with Gasteiger partial charge in [0.1, 0.15) is 0 Å². The number of hydrogen-bond acceptors (Lipinski definition) is 1. The Morgan fingerprint density at radius 1 is 1.22 bits per heavy atom. The molecule has 1 saturated carbocycles. The van der Waals surface area contributed by atoms with Gasteiger partial charge in [0.2, 0.25) is 0 Å². The van der Waals surface area contributed by atoms with Gasteiger partial charge in [-0.15, -0.1) is 0 Å². The average molecular weight is 241 g/mol. The van der Waals surface area contributed by atoms with Crippen LogP contribution in [0.25, 0.3) is 5.57 Å². The van der Waals surface area contributed by atoms with E-state index < -0.39 is 0 Å². The molecule has 2 N–H and O–H groups in total. The fraction of sp³-hybridized carbons (Fsp3) is 0.529. The van der Waals surface area contributed by atoms with Crippen LogP contribution in [-0.4, -0.2) is 0 Å². The number of rotatable bonds is 1. The lowest BCUT2D eigenvalue weighted by atomic mass is 9.81. The lowest BCUT2D eigenvalue weighted by Crippen LogP contribution is -2.08. The molecular weight excluding hydrogens is 218 g/mol. The van der Waals surface area contributed by atoms with E-state index in [0.717, 1.165) is 11.6 Å². The number of aryl methyl sites for hydroxylation is 1. The number of nitrogen functional groups attached to an aromatic ring is 1. The second kappa shape index (κ2) is 4.79. The van der Waals surface area contributed by atoms with E-state index in [-0.39, 0.29) is 0 Å². The molecule has 2 aliphatic carbocycles. The monoisotopic (exact) mass is 241 g/mol. The molecule has 0 aromatic heterocycles. The fourth-order valence-corrected chi connectivity index (χ4v) is 3.66. The summed E-state index contributed by atoms with van der Waals surface area (Å²) in [4.78, 5) is 0. The Morgan fingerprint density at radius 3 is 2.94 bits per heavy atom. The van der Waals surface area contributed by atoms with E-state index in [4.69, 9.17) is 5.73 Å². The van der Waals surface area contributed by atoms with Gasteiger partial charge in [-0.3, -0.25) is 0 Å². The summed E-state index contributed by atoms with van der Waals surface area (Å²) >= 11 is 0. The zero-order chi connectivity index (χ0) is 12.5. The molecule has 0 bridgehead atoms. The molecule has 1 atom stereocenters. The molecule has 2 aliphatic rings. The number of allylic oxidation sites excluding steroid dienone is 2. The van der Waals surface area contributed by atoms with Crippen molar-refractivity contribution in [3.8, 4) is 0 Å². The minimum absolute atomic E-state index is 0.912. The van der Waals surface area contributed by atoms with Gasteiger partial charge in [0, 0.05) is 5.69 Å². The van der Waals surface area contributed by atoms with Crippen LogP contribution >= 0.6 is 0 Å². The van der Waals surface area contributed by atoms with Crippen LogP contribution < -0.4 is 5.73 Å². The summed E-state index contributed by atoms with van der Waals surface area (Å²) in [6.07, 6.45) is 9.26. The third-order valence-corrected chi connectivity index (χ3v) is 4.73. The molecule has 18 heavy (non-hydrogen) atoms. The smallest absolute Gasteiger partial charge is 0.0317 e. The van der Waals surface area contributed by atoms with Crippen molar-refractivity contribution >= 4 is 11.3 Å². The van der Waals surface area contributed by atoms with Gasteiger partial charge in [-0.2, -0.15) is 0 Å². The molecule has 96 valence electrons. The molecule has 1 nitrogen and oxygen atoms in total. The molecule has 0 amide bonds. The maximum Gasteiger partial charge on any atom is 0.0317 e. The minimum Gasteiger partial charge on any atom is -0.399 e. The van der Waals surface area contributed by atoms with E-state index in [9.17, 15) is 0 Å². The highest BCUT2D eigenvalue weighted by molar-refractivity contribution is 5.76. The van der Waals surface area contributed by atoms with Crippen molar-refractivity contribution in [2.24, 2.45) is 5.92 Å². The maximum atomic E-state index is 5.88. The van der Waals surface area contributed by atoms with Crippen molar-refractivity contribution in [3.63, 3.8) is 0 Å². The first-order valence-corrected chi connectivity index (χ1v) is 7.37. The van der Waals surface area contributed by atoms with E-state index in [1.807, 2.05) is 0 Å². The summed E-state index contributed by atoms with van der Waals surface area (Å²) in [5.74, 6) is 0.930. The third kappa shape index (κ3) is 2.07. The molecule has 1 aromatic rings. The van der Waals surface area contributed by atoms with Crippen LogP contribution in [0.2, 0.25) is 0 Å². The van der Waals surface area contributed by atoms with Gasteiger partial charge < -0.3 is 5.73 Å². The molecule has 0 aliphatic heterocycles. The summed E-state index contributed by atoms with van der Waals surface area (Å²) in [5.41, 5.74) is 13.2. The summed E-state index contributed by atoms with van der Waals surface area (Å²) < 4.78 is 0. The van der Waals surface area contributed by atoms with E-state index in [2.05, 4.69) is 25.1 Å². The number of fused-ring (bicyclic) bond motifs is 1. The highest BCUT2D eigenvalue weighted by atomic mass is 14.5. The fourth-order valence-electron chi connectivity index (χ4n) is 3.66. The van der Waals surface area contributed by atoms with E-state index in [1.165, 1.54) is 56.1 Å². The van der Waals surface area contributed by atoms with Crippen molar-refractivity contribution in [3.05, 3.63) is 34.9 Å². The lowest BCUT2D eigenvalue weighted by Gasteiger charge is -2.25. The van der Waals surface area contributed by atoms with Crippen molar-refractivity contribution < 1.29 is 0 Å². The Labute approximate surface area is 110 Å². The van der Waals surface area contributed by atoms with Crippen molar-refractivity contribution in [2.75, 3.05) is 5.73 Å². The van der Waals surface area contributed by atoms with Crippen molar-refractivity contribution in [2.45, 2.75) is 51.9 Å².